The van der Waals surface area contributed by atoms with Crippen molar-refractivity contribution < 1.29 is 9.53 Å². The van der Waals surface area contributed by atoms with Crippen molar-refractivity contribution >= 4 is 5.97 Å². The number of piperidine rings is 1. The molecular weight excluding hydrogens is 306 g/mol. The van der Waals surface area contributed by atoms with Crippen LogP contribution in [0.15, 0.2) is 24.3 Å². The lowest BCUT2D eigenvalue weighted by molar-refractivity contribution is -0.149. The smallest absolute Gasteiger partial charge is 0.309 e. The van der Waals surface area contributed by atoms with Crippen molar-refractivity contribution in [3.05, 3.63) is 29.8 Å². The van der Waals surface area contributed by atoms with Gasteiger partial charge in [0.2, 0.25) is 5.82 Å². The zero-order chi connectivity index (χ0) is 16.9. The first-order valence-corrected chi connectivity index (χ1v) is 8.39. The van der Waals surface area contributed by atoms with Crippen LogP contribution in [-0.2, 0) is 16.2 Å². The molecule has 2 heterocycles. The lowest BCUT2D eigenvalue weighted by atomic mass is 9.97. The van der Waals surface area contributed by atoms with Crippen molar-refractivity contribution in [2.75, 3.05) is 19.7 Å². The number of tetrazole rings is 1. The maximum Gasteiger partial charge on any atom is 0.309 e. The number of aryl methyl sites for hydroxylation is 1. The van der Waals surface area contributed by atoms with E-state index < -0.39 is 0 Å². The molecule has 7 heteroatoms. The third kappa shape index (κ3) is 3.97. The highest BCUT2D eigenvalue weighted by molar-refractivity contribution is 5.72. The minimum atomic E-state index is -0.0716. The van der Waals surface area contributed by atoms with Crippen molar-refractivity contribution in [1.82, 2.24) is 25.1 Å². The zero-order valence-corrected chi connectivity index (χ0v) is 14.2. The summed E-state index contributed by atoms with van der Waals surface area (Å²) >= 11 is 0. The van der Waals surface area contributed by atoms with Gasteiger partial charge in [0.05, 0.1) is 12.5 Å². The van der Waals surface area contributed by atoms with Gasteiger partial charge in [-0.15, -0.1) is 15.0 Å². The quantitative estimate of drug-likeness (QED) is 0.780. The number of rotatable bonds is 5. The van der Waals surface area contributed by atoms with E-state index in [1.807, 2.05) is 38.1 Å². The molecule has 0 aliphatic carbocycles. The molecule has 1 fully saturated rings. The molecule has 0 saturated carbocycles. The van der Waals surface area contributed by atoms with Gasteiger partial charge < -0.3 is 4.74 Å². The topological polar surface area (TPSA) is 73.1 Å². The molecule has 0 bridgehead atoms. The Bertz CT molecular complexity index is 675. The van der Waals surface area contributed by atoms with Crippen LogP contribution >= 0.6 is 0 Å². The van der Waals surface area contributed by atoms with E-state index in [0.29, 0.717) is 19.1 Å². The van der Waals surface area contributed by atoms with Crippen LogP contribution in [0.5, 0.6) is 0 Å². The average molecular weight is 329 g/mol. The van der Waals surface area contributed by atoms with Crippen molar-refractivity contribution in [3.63, 3.8) is 0 Å². The Morgan fingerprint density at radius 3 is 2.62 bits per heavy atom. The highest BCUT2D eigenvalue weighted by Crippen LogP contribution is 2.19. The second-order valence-corrected chi connectivity index (χ2v) is 6.14. The van der Waals surface area contributed by atoms with Crippen molar-refractivity contribution in [2.24, 2.45) is 5.92 Å². The van der Waals surface area contributed by atoms with Crippen LogP contribution in [0, 0.1) is 12.8 Å². The normalized spacial score (nSPS) is 16.2. The number of hydrogen-bond acceptors (Lipinski definition) is 6. The molecule has 0 atom stereocenters. The number of carbonyl (C=O) groups is 1. The van der Waals surface area contributed by atoms with E-state index in [1.54, 1.807) is 4.80 Å². The van der Waals surface area contributed by atoms with Crippen LogP contribution in [0.2, 0.25) is 0 Å². The van der Waals surface area contributed by atoms with E-state index in [-0.39, 0.29) is 11.9 Å². The number of aromatic nitrogens is 4. The molecule has 24 heavy (non-hydrogen) atoms. The van der Waals surface area contributed by atoms with E-state index in [0.717, 1.165) is 31.5 Å². The Kier molecular flexibility index (Phi) is 5.20. The fourth-order valence-corrected chi connectivity index (χ4v) is 2.87. The third-order valence-corrected chi connectivity index (χ3v) is 4.30. The minimum Gasteiger partial charge on any atom is -0.466 e. The molecule has 128 valence electrons. The molecule has 1 aromatic carbocycles. The molecule has 2 aromatic rings. The number of benzene rings is 1. The summed E-state index contributed by atoms with van der Waals surface area (Å²) in [6.45, 7) is 6.61. The Balaban J connectivity index is 1.54. The highest BCUT2D eigenvalue weighted by Gasteiger charge is 2.26. The third-order valence-electron chi connectivity index (χ3n) is 4.30. The average Bonchev–Trinajstić information content (AvgIpc) is 3.05. The molecule has 3 rings (SSSR count). The monoisotopic (exact) mass is 329 g/mol. The van der Waals surface area contributed by atoms with Gasteiger partial charge in [0.15, 0.2) is 0 Å². The summed E-state index contributed by atoms with van der Waals surface area (Å²) in [6, 6.07) is 8.08. The van der Waals surface area contributed by atoms with Crippen molar-refractivity contribution in [3.8, 4) is 11.4 Å². The van der Waals surface area contributed by atoms with Crippen LogP contribution in [-0.4, -0.2) is 50.8 Å². The minimum absolute atomic E-state index is 0.0213. The number of carbonyl (C=O) groups excluding carboxylic acids is 1. The van der Waals surface area contributed by atoms with Gasteiger partial charge in [-0.2, -0.15) is 0 Å². The van der Waals surface area contributed by atoms with E-state index in [4.69, 9.17) is 4.74 Å². The Labute approximate surface area is 141 Å². The summed E-state index contributed by atoms with van der Waals surface area (Å²) < 4.78 is 5.10. The fraction of sp³-hybridized carbons (Fsp3) is 0.529. The van der Waals surface area contributed by atoms with E-state index in [1.165, 1.54) is 5.56 Å². The number of nitrogens with zero attached hydrogens (tertiary/aromatic N) is 5. The molecule has 1 aliphatic rings. The number of hydrogen-bond donors (Lipinski definition) is 0. The van der Waals surface area contributed by atoms with Gasteiger partial charge in [0.25, 0.3) is 0 Å². The van der Waals surface area contributed by atoms with Gasteiger partial charge in [-0.05, 0) is 31.9 Å². The van der Waals surface area contributed by atoms with E-state index in [9.17, 15) is 4.79 Å². The standard InChI is InChI=1S/C17H23N5O2/c1-3-24-17(23)15-8-10-21(11-9-15)12-22-19-16(18-20-22)14-6-4-13(2)5-7-14/h4-7,15H,3,8-12H2,1-2H3. The summed E-state index contributed by atoms with van der Waals surface area (Å²) in [5.41, 5.74) is 2.17. The predicted molar refractivity (Wildman–Crippen MR) is 88.9 cm³/mol. The molecule has 0 radical (unpaired) electrons. The first-order chi connectivity index (χ1) is 11.7. The predicted octanol–water partition coefficient (Wildman–Crippen LogP) is 1.88. The molecular formula is C17H23N5O2. The van der Waals surface area contributed by atoms with E-state index in [2.05, 4.69) is 20.3 Å². The van der Waals surface area contributed by atoms with Crippen LogP contribution in [0.3, 0.4) is 0 Å². The summed E-state index contributed by atoms with van der Waals surface area (Å²) in [7, 11) is 0. The molecule has 1 aromatic heterocycles. The van der Waals surface area contributed by atoms with Crippen LogP contribution in [0.4, 0.5) is 0 Å². The molecule has 7 nitrogen and oxygen atoms in total. The molecule has 1 aliphatic heterocycles. The van der Waals surface area contributed by atoms with Gasteiger partial charge >= 0.3 is 5.97 Å². The summed E-state index contributed by atoms with van der Waals surface area (Å²) in [4.78, 5) is 15.6. The summed E-state index contributed by atoms with van der Waals surface area (Å²) in [5, 5.41) is 12.7. The first-order valence-electron chi connectivity index (χ1n) is 8.39. The van der Waals surface area contributed by atoms with Crippen LogP contribution in [0.1, 0.15) is 25.3 Å². The first kappa shape index (κ1) is 16.6. The largest absolute Gasteiger partial charge is 0.466 e. The van der Waals surface area contributed by atoms with Gasteiger partial charge in [-0.3, -0.25) is 9.69 Å². The second-order valence-electron chi connectivity index (χ2n) is 6.14. The van der Waals surface area contributed by atoms with E-state index >= 15 is 0 Å². The maximum absolute atomic E-state index is 11.8. The number of likely N-dealkylation sites (tertiary alicyclic amines) is 1. The SMILES string of the molecule is CCOC(=O)C1CCN(Cn2nnc(-c3ccc(C)cc3)n2)CC1. The number of esters is 1. The molecule has 0 spiro atoms. The van der Waals surface area contributed by atoms with Crippen LogP contribution < -0.4 is 0 Å². The highest BCUT2D eigenvalue weighted by atomic mass is 16.5. The summed E-state index contributed by atoms with van der Waals surface area (Å²) in [5.74, 6) is 0.585. The van der Waals surface area contributed by atoms with Gasteiger partial charge in [0, 0.05) is 18.7 Å². The Morgan fingerprint density at radius 2 is 1.96 bits per heavy atom. The van der Waals surface area contributed by atoms with Gasteiger partial charge in [-0.1, -0.05) is 29.8 Å². The van der Waals surface area contributed by atoms with Gasteiger partial charge in [-0.25, -0.2) is 0 Å². The maximum atomic E-state index is 11.8. The molecule has 0 amide bonds. The Hall–Kier alpha value is -2.28. The van der Waals surface area contributed by atoms with Gasteiger partial charge in [0.1, 0.15) is 6.67 Å². The van der Waals surface area contributed by atoms with Crippen molar-refractivity contribution in [1.29, 1.82) is 0 Å². The molecule has 0 N–H and O–H groups in total. The van der Waals surface area contributed by atoms with Crippen molar-refractivity contribution in [2.45, 2.75) is 33.4 Å². The fourth-order valence-electron chi connectivity index (χ4n) is 2.87. The summed E-state index contributed by atoms with van der Waals surface area (Å²) in [6.07, 6.45) is 1.64. The lowest BCUT2D eigenvalue weighted by Crippen LogP contribution is -2.38. The lowest BCUT2D eigenvalue weighted by Gasteiger charge is -2.29. The molecule has 0 unspecified atom stereocenters. The molecule has 1 saturated heterocycles. The number of ether oxygens (including phenoxy) is 1. The Morgan fingerprint density at radius 1 is 1.25 bits per heavy atom. The zero-order valence-electron chi connectivity index (χ0n) is 14.2. The second kappa shape index (κ2) is 7.53. The van der Waals surface area contributed by atoms with Crippen LogP contribution in [0.25, 0.3) is 11.4 Å².